The van der Waals surface area contributed by atoms with Gasteiger partial charge in [0.05, 0.1) is 17.5 Å². The van der Waals surface area contributed by atoms with Crippen molar-refractivity contribution in [1.82, 2.24) is 5.01 Å². The highest BCUT2D eigenvalue weighted by Crippen LogP contribution is 2.55. The molecule has 0 N–H and O–H groups in total. The van der Waals surface area contributed by atoms with Gasteiger partial charge in [-0.3, -0.25) is 19.9 Å². The molecule has 0 aliphatic carbocycles. The van der Waals surface area contributed by atoms with E-state index in [0.29, 0.717) is 17.0 Å². The molecule has 2 aliphatic heterocycles. The first-order chi connectivity index (χ1) is 17.5. The molecule has 3 atom stereocenters. The van der Waals surface area contributed by atoms with Crippen LogP contribution in [0.4, 0.5) is 5.88 Å². The van der Waals surface area contributed by atoms with Gasteiger partial charge in [-0.15, -0.1) is 0 Å². The number of carbonyl (C=O) groups excluding carboxylic acids is 1. The minimum atomic E-state index is -1.31. The van der Waals surface area contributed by atoms with Crippen molar-refractivity contribution in [2.45, 2.75) is 17.6 Å². The molecular formula is C28H21N3O5. The Labute approximate surface area is 206 Å². The quantitative estimate of drug-likeness (QED) is 0.288. The molecule has 2 aliphatic rings. The number of para-hydroxylation sites is 1. The number of ether oxygens (including phenoxy) is 1. The predicted molar refractivity (Wildman–Crippen MR) is 132 cm³/mol. The highest BCUT2D eigenvalue weighted by atomic mass is 16.6. The summed E-state index contributed by atoms with van der Waals surface area (Å²) in [5, 5.41) is 17.8. The summed E-state index contributed by atoms with van der Waals surface area (Å²) in [7, 11) is 1.74. The van der Waals surface area contributed by atoms with Gasteiger partial charge in [-0.25, -0.2) is 0 Å². The Morgan fingerprint density at radius 3 is 2.19 bits per heavy atom. The van der Waals surface area contributed by atoms with Crippen LogP contribution in [0.15, 0.2) is 107 Å². The van der Waals surface area contributed by atoms with Gasteiger partial charge in [0.1, 0.15) is 16.4 Å². The maximum atomic E-state index is 14.6. The zero-order valence-corrected chi connectivity index (χ0v) is 19.3. The fourth-order valence-electron chi connectivity index (χ4n) is 5.37. The summed E-state index contributed by atoms with van der Waals surface area (Å²) in [6.45, 7) is 0. The van der Waals surface area contributed by atoms with Crippen molar-refractivity contribution in [3.8, 4) is 5.75 Å². The van der Waals surface area contributed by atoms with Crippen LogP contribution in [0.2, 0.25) is 0 Å². The predicted octanol–water partition coefficient (Wildman–Crippen LogP) is 5.38. The Kier molecular flexibility index (Phi) is 4.96. The van der Waals surface area contributed by atoms with E-state index in [9.17, 15) is 14.9 Å². The van der Waals surface area contributed by atoms with Gasteiger partial charge in [0.25, 0.3) is 0 Å². The van der Waals surface area contributed by atoms with Crippen molar-refractivity contribution in [1.29, 1.82) is 0 Å². The Morgan fingerprint density at radius 2 is 1.53 bits per heavy atom. The van der Waals surface area contributed by atoms with Crippen LogP contribution >= 0.6 is 0 Å². The summed E-state index contributed by atoms with van der Waals surface area (Å²) < 4.78 is 12.2. The molecule has 8 heteroatoms. The third-order valence-corrected chi connectivity index (χ3v) is 6.91. The van der Waals surface area contributed by atoms with Gasteiger partial charge in [0.15, 0.2) is 23.2 Å². The van der Waals surface area contributed by atoms with Crippen LogP contribution in [-0.2, 0) is 0 Å². The second-order valence-electron chi connectivity index (χ2n) is 8.81. The first kappa shape index (κ1) is 21.8. The Hall–Kier alpha value is -4.72. The summed E-state index contributed by atoms with van der Waals surface area (Å²) in [5.41, 5.74) is 1.20. The van der Waals surface area contributed by atoms with E-state index >= 15 is 0 Å². The van der Waals surface area contributed by atoms with Gasteiger partial charge in [0.2, 0.25) is 0 Å². The highest BCUT2D eigenvalue weighted by molar-refractivity contribution is 6.16. The fraction of sp³-hybridized carbons (Fsp3) is 0.143. The average molecular weight is 479 g/mol. The van der Waals surface area contributed by atoms with E-state index in [0.717, 1.165) is 11.1 Å². The lowest BCUT2D eigenvalue weighted by Gasteiger charge is -2.47. The van der Waals surface area contributed by atoms with Crippen LogP contribution in [0.1, 0.15) is 39.3 Å². The van der Waals surface area contributed by atoms with E-state index in [1.165, 1.54) is 12.1 Å². The van der Waals surface area contributed by atoms with Crippen molar-refractivity contribution < 1.29 is 18.9 Å². The largest absolute Gasteiger partial charge is 0.482 e. The second-order valence-corrected chi connectivity index (χ2v) is 8.81. The van der Waals surface area contributed by atoms with Gasteiger partial charge < -0.3 is 9.15 Å². The number of nitro groups is 1. The van der Waals surface area contributed by atoms with Crippen LogP contribution in [-0.4, -0.2) is 34.0 Å². The van der Waals surface area contributed by atoms with Crippen molar-refractivity contribution in [2.75, 3.05) is 7.05 Å². The zero-order valence-electron chi connectivity index (χ0n) is 19.3. The Balaban J connectivity index is 1.63. The number of hydrogen-bond donors (Lipinski definition) is 0. The van der Waals surface area contributed by atoms with Crippen molar-refractivity contribution in [3.05, 3.63) is 130 Å². The van der Waals surface area contributed by atoms with E-state index < -0.39 is 22.5 Å². The molecular weight excluding hydrogens is 458 g/mol. The number of ketones is 1. The number of furan rings is 1. The van der Waals surface area contributed by atoms with Gasteiger partial charge >= 0.3 is 5.88 Å². The van der Waals surface area contributed by atoms with Crippen molar-refractivity contribution in [3.63, 3.8) is 0 Å². The number of carbonyl (C=O) groups is 1. The average Bonchev–Trinajstić information content (AvgIpc) is 3.51. The lowest BCUT2D eigenvalue weighted by molar-refractivity contribution is -0.402. The Bertz CT molecular complexity index is 1500. The van der Waals surface area contributed by atoms with E-state index in [2.05, 4.69) is 0 Å². The smallest absolute Gasteiger partial charge is 0.433 e. The number of nitrogens with zero attached hydrogens (tertiary/aromatic N) is 3. The first-order valence-electron chi connectivity index (χ1n) is 11.5. The number of hydrogen-bond acceptors (Lipinski definition) is 7. The van der Waals surface area contributed by atoms with E-state index in [4.69, 9.17) is 14.3 Å². The summed E-state index contributed by atoms with van der Waals surface area (Å²) in [5.74, 6) is -0.434. The first-order valence-corrected chi connectivity index (χ1v) is 11.5. The minimum absolute atomic E-state index is 0.144. The molecule has 0 amide bonds. The number of benzene rings is 3. The van der Waals surface area contributed by atoms with Crippen molar-refractivity contribution >= 4 is 17.4 Å². The molecule has 0 saturated carbocycles. The van der Waals surface area contributed by atoms with Crippen molar-refractivity contribution in [2.24, 2.45) is 5.10 Å². The maximum absolute atomic E-state index is 14.6. The van der Waals surface area contributed by atoms with E-state index in [-0.39, 0.29) is 17.4 Å². The van der Waals surface area contributed by atoms with Crippen LogP contribution in [0.5, 0.6) is 5.75 Å². The van der Waals surface area contributed by atoms with Gasteiger partial charge in [-0.1, -0.05) is 72.8 Å². The van der Waals surface area contributed by atoms with Crippen LogP contribution in [0.25, 0.3) is 0 Å². The van der Waals surface area contributed by atoms with Gasteiger partial charge in [-0.05, 0) is 29.3 Å². The monoisotopic (exact) mass is 479 g/mol. The molecule has 4 aromatic rings. The highest BCUT2D eigenvalue weighted by Gasteiger charge is 2.65. The molecule has 1 spiro atoms. The lowest BCUT2D eigenvalue weighted by Crippen LogP contribution is -2.60. The van der Waals surface area contributed by atoms with Gasteiger partial charge in [0, 0.05) is 7.05 Å². The normalized spacial score (nSPS) is 22.8. The molecule has 0 fully saturated rings. The molecule has 36 heavy (non-hydrogen) atoms. The lowest BCUT2D eigenvalue weighted by atomic mass is 9.66. The standard InChI is InChI=1S/C28H21N3O5/c1-30-28(26(32)20-14-8-9-15-21(20)36-27(28)19-12-6-3-7-13-19)24(18-10-4-2-5-11-18)25(29-30)22-16-17-23(35-22)31(33)34/h2-17,24,27H,1H3/t24-,27+,28-/m1/s1. The third kappa shape index (κ3) is 3.07. The number of fused-ring (bicyclic) bond motifs is 1. The molecule has 0 saturated heterocycles. The zero-order chi connectivity index (χ0) is 24.9. The van der Waals surface area contributed by atoms with Crippen LogP contribution in [0, 0.1) is 10.1 Å². The molecule has 178 valence electrons. The molecule has 3 aromatic carbocycles. The number of Topliss-reactive ketones (excluding diaryl/α,β-unsaturated/α-hetero) is 1. The SMILES string of the molecule is CN1N=C(c2ccc([N+](=O)[O-])o2)[C@@H](c2ccccc2)[C@]12C(=O)c1ccccc1O[C@H]2c1ccccc1. The number of hydrazone groups is 1. The summed E-state index contributed by atoms with van der Waals surface area (Å²) >= 11 is 0. The van der Waals surface area contributed by atoms with Gasteiger partial charge in [-0.2, -0.15) is 5.10 Å². The molecule has 1 aromatic heterocycles. The van der Waals surface area contributed by atoms with E-state index in [1.807, 2.05) is 66.7 Å². The molecule has 0 radical (unpaired) electrons. The molecule has 3 heterocycles. The summed E-state index contributed by atoms with van der Waals surface area (Å²) in [4.78, 5) is 25.3. The number of rotatable bonds is 4. The second kappa shape index (κ2) is 8.20. The maximum Gasteiger partial charge on any atom is 0.433 e. The number of likely N-dealkylation sites (N-methyl/N-ethyl adjacent to an activating group) is 1. The van der Waals surface area contributed by atoms with E-state index in [1.54, 1.807) is 30.3 Å². The fourth-order valence-corrected chi connectivity index (χ4v) is 5.37. The minimum Gasteiger partial charge on any atom is -0.482 e. The third-order valence-electron chi connectivity index (χ3n) is 6.91. The molecule has 8 nitrogen and oxygen atoms in total. The van der Waals surface area contributed by atoms with Crippen LogP contribution < -0.4 is 4.74 Å². The summed E-state index contributed by atoms with van der Waals surface area (Å²) in [6, 6.07) is 29.1. The Morgan fingerprint density at radius 1 is 0.889 bits per heavy atom. The van der Waals surface area contributed by atoms with Crippen LogP contribution in [0.3, 0.4) is 0 Å². The topological polar surface area (TPSA) is 98.2 Å². The molecule has 0 unspecified atom stereocenters. The molecule has 6 rings (SSSR count). The molecule has 0 bridgehead atoms. The summed E-state index contributed by atoms with van der Waals surface area (Å²) in [6.07, 6.45) is -0.720.